The van der Waals surface area contributed by atoms with Crippen LogP contribution in [0.25, 0.3) is 22.7 Å². The van der Waals surface area contributed by atoms with Gasteiger partial charge < -0.3 is 15.2 Å². The minimum absolute atomic E-state index is 0.0680. The van der Waals surface area contributed by atoms with Crippen LogP contribution in [0.15, 0.2) is 59.1 Å². The fourth-order valence-corrected chi connectivity index (χ4v) is 5.00. The van der Waals surface area contributed by atoms with Gasteiger partial charge in [0, 0.05) is 40.9 Å². The van der Waals surface area contributed by atoms with Crippen molar-refractivity contribution in [2.24, 2.45) is 18.7 Å². The summed E-state index contributed by atoms with van der Waals surface area (Å²) in [4.78, 5) is 13.7. The van der Waals surface area contributed by atoms with Crippen molar-refractivity contribution in [3.8, 4) is 22.7 Å². The maximum absolute atomic E-state index is 11.4. The number of aromatic nitrogens is 4. The van der Waals surface area contributed by atoms with Gasteiger partial charge in [0.25, 0.3) is 0 Å². The number of hydrogen-bond donors (Lipinski definition) is 1. The van der Waals surface area contributed by atoms with Crippen molar-refractivity contribution in [3.63, 3.8) is 0 Å². The van der Waals surface area contributed by atoms with E-state index in [1.807, 2.05) is 54.1 Å². The van der Waals surface area contributed by atoms with Gasteiger partial charge in [0.15, 0.2) is 11.6 Å². The van der Waals surface area contributed by atoms with Crippen molar-refractivity contribution < 1.29 is 9.32 Å². The molecule has 0 unspecified atom stereocenters. The zero-order valence-electron chi connectivity index (χ0n) is 17.9. The highest BCUT2D eigenvalue weighted by Gasteiger charge is 2.54. The number of amides is 1. The summed E-state index contributed by atoms with van der Waals surface area (Å²) in [6.45, 7) is 0. The SMILES string of the molecule is Cn1c(-c2ccc(C(N)=O)cc2)nnc1N1[C@@H](c2cc(-c3cccc(Cl)c3)on2)C[C@H]2C[C@H]21. The lowest BCUT2D eigenvalue weighted by molar-refractivity contribution is 0.100. The normalized spacial score (nSPS) is 21.3. The molecular weight excluding hydrogens is 440 g/mol. The molecule has 8 nitrogen and oxygen atoms in total. The second kappa shape index (κ2) is 7.45. The lowest BCUT2D eigenvalue weighted by Gasteiger charge is -2.26. The maximum Gasteiger partial charge on any atom is 0.248 e. The predicted molar refractivity (Wildman–Crippen MR) is 124 cm³/mol. The minimum atomic E-state index is -0.454. The fraction of sp³-hybridized carbons (Fsp3) is 0.250. The summed E-state index contributed by atoms with van der Waals surface area (Å²) in [5.74, 6) is 2.39. The summed E-state index contributed by atoms with van der Waals surface area (Å²) in [7, 11) is 1.96. The standard InChI is InChI=1S/C24H21ClN6O2/c1-30-23(14-7-5-13(6-8-14)22(26)32)27-28-24(30)31-19-10-16(19)11-20(31)18-12-21(33-29-18)15-3-2-4-17(25)9-15/h2-9,12,16,19-20H,10-11H2,1H3,(H2,26,32)/t16-,19-,20-/m1/s1. The Labute approximate surface area is 195 Å². The largest absolute Gasteiger partial charge is 0.366 e. The molecule has 0 radical (unpaired) electrons. The van der Waals surface area contributed by atoms with E-state index in [9.17, 15) is 4.79 Å². The Morgan fingerprint density at radius 2 is 1.91 bits per heavy atom. The van der Waals surface area contributed by atoms with Crippen LogP contribution in [0, 0.1) is 5.92 Å². The van der Waals surface area contributed by atoms with E-state index in [0.717, 1.165) is 41.4 Å². The molecule has 2 aromatic carbocycles. The Morgan fingerprint density at radius 3 is 2.67 bits per heavy atom. The van der Waals surface area contributed by atoms with E-state index in [1.54, 1.807) is 12.1 Å². The lowest BCUT2D eigenvalue weighted by Crippen LogP contribution is -2.29. The van der Waals surface area contributed by atoms with Crippen molar-refractivity contribution in [2.75, 3.05) is 4.90 Å². The Bertz CT molecular complexity index is 1360. The molecule has 0 bridgehead atoms. The van der Waals surface area contributed by atoms with Gasteiger partial charge in [-0.05, 0) is 43.0 Å². The van der Waals surface area contributed by atoms with Crippen LogP contribution in [0.5, 0.6) is 0 Å². The van der Waals surface area contributed by atoms with Crippen LogP contribution in [0.4, 0.5) is 5.95 Å². The van der Waals surface area contributed by atoms with Gasteiger partial charge in [-0.1, -0.05) is 41.0 Å². The molecule has 33 heavy (non-hydrogen) atoms. The molecule has 6 rings (SSSR count). The zero-order chi connectivity index (χ0) is 22.7. The first-order valence-electron chi connectivity index (χ1n) is 10.8. The number of carbonyl (C=O) groups excluding carboxylic acids is 1. The van der Waals surface area contributed by atoms with Crippen LogP contribution < -0.4 is 10.6 Å². The smallest absolute Gasteiger partial charge is 0.248 e. The zero-order valence-corrected chi connectivity index (χ0v) is 18.6. The molecule has 1 saturated carbocycles. The second-order valence-corrected chi connectivity index (χ2v) is 9.11. The van der Waals surface area contributed by atoms with E-state index in [2.05, 4.69) is 20.3 Å². The second-order valence-electron chi connectivity index (χ2n) is 8.67. The number of nitrogens with two attached hydrogens (primary N) is 1. The molecule has 2 N–H and O–H groups in total. The van der Waals surface area contributed by atoms with E-state index < -0.39 is 5.91 Å². The molecular formula is C24H21ClN6O2. The molecule has 2 fully saturated rings. The predicted octanol–water partition coefficient (Wildman–Crippen LogP) is 4.23. The Kier molecular flexibility index (Phi) is 4.51. The highest BCUT2D eigenvalue weighted by Crippen LogP contribution is 2.55. The maximum atomic E-state index is 11.4. The van der Waals surface area contributed by atoms with Crippen LogP contribution in [0.2, 0.25) is 5.02 Å². The number of benzene rings is 2. The summed E-state index contributed by atoms with van der Waals surface area (Å²) in [6, 6.07) is 17.1. The van der Waals surface area contributed by atoms with Gasteiger partial charge in [-0.2, -0.15) is 0 Å². The average Bonchev–Trinajstić information content (AvgIpc) is 3.15. The van der Waals surface area contributed by atoms with E-state index in [-0.39, 0.29) is 6.04 Å². The van der Waals surface area contributed by atoms with Crippen molar-refractivity contribution >= 4 is 23.5 Å². The lowest BCUT2D eigenvalue weighted by atomic mass is 10.1. The van der Waals surface area contributed by atoms with Gasteiger partial charge in [0.2, 0.25) is 11.9 Å². The van der Waals surface area contributed by atoms with Gasteiger partial charge in [-0.3, -0.25) is 9.36 Å². The Balaban J connectivity index is 1.32. The topological polar surface area (TPSA) is 103 Å². The van der Waals surface area contributed by atoms with Crippen LogP contribution in [-0.2, 0) is 7.05 Å². The molecule has 1 aliphatic heterocycles. The van der Waals surface area contributed by atoms with Gasteiger partial charge in [-0.15, -0.1) is 10.2 Å². The first kappa shape index (κ1) is 20.0. The number of piperidine rings is 1. The van der Waals surface area contributed by atoms with Crippen molar-refractivity contribution in [1.82, 2.24) is 19.9 Å². The third kappa shape index (κ3) is 3.38. The van der Waals surface area contributed by atoms with Crippen LogP contribution in [0.3, 0.4) is 0 Å². The Hall–Kier alpha value is -3.65. The molecule has 1 saturated heterocycles. The molecule has 0 spiro atoms. The first-order chi connectivity index (χ1) is 16.0. The molecule has 2 aromatic heterocycles. The quantitative estimate of drug-likeness (QED) is 0.478. The average molecular weight is 461 g/mol. The number of halogens is 1. The number of hydrogen-bond acceptors (Lipinski definition) is 6. The molecule has 9 heteroatoms. The summed E-state index contributed by atoms with van der Waals surface area (Å²) < 4.78 is 7.66. The molecule has 3 heterocycles. The summed E-state index contributed by atoms with van der Waals surface area (Å²) in [5.41, 5.74) is 8.47. The number of primary amides is 1. The Morgan fingerprint density at radius 1 is 1.09 bits per heavy atom. The van der Waals surface area contributed by atoms with Gasteiger partial charge in [0.1, 0.15) is 5.69 Å². The summed E-state index contributed by atoms with van der Waals surface area (Å²) >= 11 is 6.14. The van der Waals surface area contributed by atoms with E-state index >= 15 is 0 Å². The number of rotatable bonds is 5. The molecule has 166 valence electrons. The molecule has 4 aromatic rings. The van der Waals surface area contributed by atoms with Gasteiger partial charge >= 0.3 is 0 Å². The van der Waals surface area contributed by atoms with Gasteiger partial charge in [0.05, 0.1) is 6.04 Å². The highest BCUT2D eigenvalue weighted by atomic mass is 35.5. The first-order valence-corrected chi connectivity index (χ1v) is 11.2. The minimum Gasteiger partial charge on any atom is -0.366 e. The van der Waals surface area contributed by atoms with Gasteiger partial charge in [-0.25, -0.2) is 0 Å². The third-order valence-electron chi connectivity index (χ3n) is 6.59. The van der Waals surface area contributed by atoms with Crippen LogP contribution >= 0.6 is 11.6 Å². The van der Waals surface area contributed by atoms with E-state index in [4.69, 9.17) is 21.9 Å². The highest BCUT2D eigenvalue weighted by molar-refractivity contribution is 6.30. The molecule has 3 atom stereocenters. The van der Waals surface area contributed by atoms with E-state index in [1.165, 1.54) is 0 Å². The summed E-state index contributed by atoms with van der Waals surface area (Å²) in [5, 5.41) is 14.0. The van der Waals surface area contributed by atoms with Crippen molar-refractivity contribution in [3.05, 3.63) is 70.9 Å². The fourth-order valence-electron chi connectivity index (χ4n) is 4.81. The van der Waals surface area contributed by atoms with Crippen molar-refractivity contribution in [1.29, 1.82) is 0 Å². The number of fused-ring (bicyclic) bond motifs is 1. The summed E-state index contributed by atoms with van der Waals surface area (Å²) in [6.07, 6.45) is 2.15. The van der Waals surface area contributed by atoms with Crippen LogP contribution in [0.1, 0.15) is 34.9 Å². The third-order valence-corrected chi connectivity index (χ3v) is 6.83. The molecule has 2 aliphatic rings. The number of anilines is 1. The van der Waals surface area contributed by atoms with Crippen molar-refractivity contribution in [2.45, 2.75) is 24.9 Å². The van der Waals surface area contributed by atoms with E-state index in [0.29, 0.717) is 28.3 Å². The van der Waals surface area contributed by atoms with Crippen LogP contribution in [-0.4, -0.2) is 31.9 Å². The monoisotopic (exact) mass is 460 g/mol. The number of carbonyl (C=O) groups is 1. The molecule has 1 amide bonds. The molecule has 1 aliphatic carbocycles. The number of nitrogens with zero attached hydrogens (tertiary/aromatic N) is 5.